The molecule has 0 fully saturated rings. The van der Waals surface area contributed by atoms with Gasteiger partial charge in [-0.1, -0.05) is 0 Å². The van der Waals surface area contributed by atoms with Crippen LogP contribution in [0.3, 0.4) is 0 Å². The second kappa shape index (κ2) is 5.60. The van der Waals surface area contributed by atoms with Crippen LogP contribution in [0.2, 0.25) is 0 Å². The van der Waals surface area contributed by atoms with Crippen LogP contribution in [0.25, 0.3) is 0 Å². The van der Waals surface area contributed by atoms with Crippen LogP contribution >= 0.6 is 0 Å². The Balaban J connectivity index is 2.85. The highest BCUT2D eigenvalue weighted by molar-refractivity contribution is 5.89. The number of anilines is 1. The predicted molar refractivity (Wildman–Crippen MR) is 69.1 cm³/mol. The summed E-state index contributed by atoms with van der Waals surface area (Å²) < 4.78 is 10.1. The zero-order valence-corrected chi connectivity index (χ0v) is 11.1. The van der Waals surface area contributed by atoms with Crippen molar-refractivity contribution in [2.24, 2.45) is 5.41 Å². The van der Waals surface area contributed by atoms with E-state index in [1.807, 2.05) is 0 Å². The highest BCUT2D eigenvalue weighted by Gasteiger charge is 2.30. The van der Waals surface area contributed by atoms with Crippen LogP contribution in [0.5, 0.6) is 5.75 Å². The maximum Gasteiger partial charge on any atom is 0.335 e. The molecule has 6 heteroatoms. The van der Waals surface area contributed by atoms with Gasteiger partial charge in [0.15, 0.2) is 0 Å². The molecule has 1 aromatic carbocycles. The maximum absolute atomic E-state index is 11.5. The number of nitrogen functional groups attached to an aromatic ring is 1. The Bertz CT molecular complexity index is 496. The fourth-order valence-electron chi connectivity index (χ4n) is 1.39. The van der Waals surface area contributed by atoms with Gasteiger partial charge in [0, 0.05) is 0 Å². The van der Waals surface area contributed by atoms with Gasteiger partial charge >= 0.3 is 11.9 Å². The molecule has 0 aliphatic carbocycles. The van der Waals surface area contributed by atoms with Gasteiger partial charge in [-0.3, -0.25) is 4.79 Å². The largest absolute Gasteiger partial charge is 0.490 e. The number of esters is 1. The summed E-state index contributed by atoms with van der Waals surface area (Å²) in [6.07, 6.45) is 0. The molecule has 1 rings (SSSR count). The number of rotatable bonds is 5. The van der Waals surface area contributed by atoms with Crippen LogP contribution in [0.4, 0.5) is 5.69 Å². The van der Waals surface area contributed by atoms with Gasteiger partial charge in [-0.2, -0.15) is 0 Å². The number of hydrogen-bond acceptors (Lipinski definition) is 5. The number of ether oxygens (including phenoxy) is 2. The number of carboxylic acid groups (broad SMARTS) is 1. The Kier molecular flexibility index (Phi) is 4.37. The zero-order valence-electron chi connectivity index (χ0n) is 11.1. The molecule has 104 valence electrons. The molecule has 0 aliphatic heterocycles. The van der Waals surface area contributed by atoms with E-state index in [1.54, 1.807) is 13.8 Å². The fraction of sp³-hybridized carbons (Fsp3) is 0.385. The van der Waals surface area contributed by atoms with Gasteiger partial charge in [-0.15, -0.1) is 0 Å². The first-order valence-electron chi connectivity index (χ1n) is 5.62. The number of methoxy groups -OCH3 is 1. The third-order valence-electron chi connectivity index (χ3n) is 2.59. The van der Waals surface area contributed by atoms with Gasteiger partial charge in [0.05, 0.1) is 23.8 Å². The molecule has 0 saturated heterocycles. The molecule has 1 aromatic rings. The van der Waals surface area contributed by atoms with E-state index in [1.165, 1.54) is 25.3 Å². The van der Waals surface area contributed by atoms with E-state index in [-0.39, 0.29) is 17.9 Å². The number of hydrogen-bond donors (Lipinski definition) is 2. The lowest BCUT2D eigenvalue weighted by Crippen LogP contribution is -2.32. The van der Waals surface area contributed by atoms with Crippen LogP contribution < -0.4 is 10.5 Å². The molecule has 0 radical (unpaired) electrons. The van der Waals surface area contributed by atoms with Crippen LogP contribution in [0.15, 0.2) is 18.2 Å². The summed E-state index contributed by atoms with van der Waals surface area (Å²) in [7, 11) is 1.30. The van der Waals surface area contributed by atoms with Crippen molar-refractivity contribution in [1.82, 2.24) is 0 Å². The molecule has 0 unspecified atom stereocenters. The summed E-state index contributed by atoms with van der Waals surface area (Å²) in [5.41, 5.74) is 5.23. The van der Waals surface area contributed by atoms with E-state index < -0.39 is 17.4 Å². The van der Waals surface area contributed by atoms with E-state index >= 15 is 0 Å². The van der Waals surface area contributed by atoms with Gasteiger partial charge < -0.3 is 20.3 Å². The first-order valence-corrected chi connectivity index (χ1v) is 5.62. The van der Waals surface area contributed by atoms with Gasteiger partial charge in [-0.05, 0) is 32.0 Å². The Morgan fingerprint density at radius 3 is 2.53 bits per heavy atom. The SMILES string of the molecule is COC(=O)C(C)(C)COc1cc(C(=O)O)ccc1N. The van der Waals surface area contributed by atoms with E-state index in [2.05, 4.69) is 4.74 Å². The molecule has 6 nitrogen and oxygen atoms in total. The molecule has 0 atom stereocenters. The Hall–Kier alpha value is -2.24. The summed E-state index contributed by atoms with van der Waals surface area (Å²) in [5.74, 6) is -1.26. The van der Waals surface area contributed by atoms with Gasteiger partial charge in [0.2, 0.25) is 0 Å². The fourth-order valence-corrected chi connectivity index (χ4v) is 1.39. The lowest BCUT2D eigenvalue weighted by atomic mass is 9.95. The average molecular weight is 267 g/mol. The molecule has 0 spiro atoms. The number of aromatic carboxylic acids is 1. The highest BCUT2D eigenvalue weighted by atomic mass is 16.5. The molecule has 19 heavy (non-hydrogen) atoms. The zero-order chi connectivity index (χ0) is 14.6. The quantitative estimate of drug-likeness (QED) is 0.620. The first kappa shape index (κ1) is 14.8. The van der Waals surface area contributed by atoms with Crippen LogP contribution in [0.1, 0.15) is 24.2 Å². The van der Waals surface area contributed by atoms with Crippen molar-refractivity contribution in [3.05, 3.63) is 23.8 Å². The van der Waals surface area contributed by atoms with Crippen molar-refractivity contribution in [3.8, 4) is 5.75 Å². The maximum atomic E-state index is 11.5. The molecule has 0 amide bonds. The van der Waals surface area contributed by atoms with E-state index in [4.69, 9.17) is 15.6 Å². The smallest absolute Gasteiger partial charge is 0.335 e. The number of carboxylic acids is 1. The van der Waals surface area contributed by atoms with Crippen LogP contribution in [0, 0.1) is 5.41 Å². The van der Waals surface area contributed by atoms with Gasteiger partial charge in [0.1, 0.15) is 12.4 Å². The molecule has 0 heterocycles. The normalized spacial score (nSPS) is 10.9. The van der Waals surface area contributed by atoms with E-state index in [0.29, 0.717) is 5.69 Å². The second-order valence-electron chi connectivity index (χ2n) is 4.72. The number of carbonyl (C=O) groups excluding carboxylic acids is 1. The molecular weight excluding hydrogens is 250 g/mol. The standard InChI is InChI=1S/C13H17NO5/c1-13(2,12(17)18-3)7-19-10-6-8(11(15)16)4-5-9(10)14/h4-6H,7,14H2,1-3H3,(H,15,16). The number of carbonyl (C=O) groups is 2. The molecule has 0 saturated carbocycles. The Morgan fingerprint density at radius 2 is 2.00 bits per heavy atom. The number of benzene rings is 1. The minimum atomic E-state index is -1.07. The topological polar surface area (TPSA) is 98.8 Å². The summed E-state index contributed by atoms with van der Waals surface area (Å²) in [6, 6.07) is 4.16. The minimum Gasteiger partial charge on any atom is -0.490 e. The monoisotopic (exact) mass is 267 g/mol. The second-order valence-corrected chi connectivity index (χ2v) is 4.72. The van der Waals surface area contributed by atoms with Crippen LogP contribution in [-0.4, -0.2) is 30.8 Å². The van der Waals surface area contributed by atoms with Crippen LogP contribution in [-0.2, 0) is 9.53 Å². The van der Waals surface area contributed by atoms with Gasteiger partial charge in [-0.25, -0.2) is 4.79 Å². The van der Waals surface area contributed by atoms with Gasteiger partial charge in [0.25, 0.3) is 0 Å². The summed E-state index contributed by atoms with van der Waals surface area (Å²) >= 11 is 0. The predicted octanol–water partition coefficient (Wildman–Crippen LogP) is 1.54. The van der Waals surface area contributed by atoms with E-state index in [0.717, 1.165) is 0 Å². The third-order valence-corrected chi connectivity index (χ3v) is 2.59. The number of nitrogens with two attached hydrogens (primary N) is 1. The van der Waals surface area contributed by atoms with Crippen molar-refractivity contribution >= 4 is 17.6 Å². The van der Waals surface area contributed by atoms with E-state index in [9.17, 15) is 9.59 Å². The third kappa shape index (κ3) is 3.61. The van der Waals surface area contributed by atoms with Crippen molar-refractivity contribution in [2.75, 3.05) is 19.5 Å². The highest BCUT2D eigenvalue weighted by Crippen LogP contribution is 2.26. The van der Waals surface area contributed by atoms with Crippen molar-refractivity contribution < 1.29 is 24.2 Å². The van der Waals surface area contributed by atoms with Crippen molar-refractivity contribution in [1.29, 1.82) is 0 Å². The Morgan fingerprint density at radius 1 is 1.37 bits per heavy atom. The Labute approximate surface area is 111 Å². The molecule has 0 bridgehead atoms. The van der Waals surface area contributed by atoms with Crippen molar-refractivity contribution in [2.45, 2.75) is 13.8 Å². The molecule has 3 N–H and O–H groups in total. The average Bonchev–Trinajstić information content (AvgIpc) is 2.36. The first-order chi connectivity index (χ1) is 8.77. The summed E-state index contributed by atoms with van der Waals surface area (Å²) in [6.45, 7) is 3.36. The van der Waals surface area contributed by atoms with Crippen molar-refractivity contribution in [3.63, 3.8) is 0 Å². The summed E-state index contributed by atoms with van der Waals surface area (Å²) in [4.78, 5) is 22.3. The lowest BCUT2D eigenvalue weighted by Gasteiger charge is -2.22. The minimum absolute atomic E-state index is 0.0347. The molecular formula is C13H17NO5. The molecule has 0 aliphatic rings. The summed E-state index contributed by atoms with van der Waals surface area (Å²) in [5, 5.41) is 8.88. The molecule has 0 aromatic heterocycles. The lowest BCUT2D eigenvalue weighted by molar-refractivity contribution is -0.152.